The first-order chi connectivity index (χ1) is 15.0. The molecule has 0 radical (unpaired) electrons. The van der Waals surface area contributed by atoms with Crippen LogP contribution in [0.3, 0.4) is 0 Å². The molecule has 0 aromatic carbocycles. The predicted molar refractivity (Wildman–Crippen MR) is 110 cm³/mol. The Morgan fingerprint density at radius 1 is 1.09 bits per heavy atom. The van der Waals surface area contributed by atoms with Gasteiger partial charge in [0.1, 0.15) is 18.8 Å². The Morgan fingerprint density at radius 3 is 2.25 bits per heavy atom. The van der Waals surface area contributed by atoms with Crippen LogP contribution in [0, 0.1) is 0 Å². The van der Waals surface area contributed by atoms with E-state index in [-0.39, 0.29) is 11.8 Å². The van der Waals surface area contributed by atoms with E-state index in [9.17, 15) is 24.0 Å². The van der Waals surface area contributed by atoms with Crippen molar-refractivity contribution in [2.24, 2.45) is 0 Å². The van der Waals surface area contributed by atoms with Gasteiger partial charge in [-0.25, -0.2) is 0 Å². The molecule has 1 aliphatic heterocycles. The molecule has 0 aliphatic carbocycles. The van der Waals surface area contributed by atoms with Crippen LogP contribution in [0.1, 0.15) is 33.9 Å². The zero-order valence-electron chi connectivity index (χ0n) is 18.2. The first kappa shape index (κ1) is 25.3. The van der Waals surface area contributed by atoms with Crippen molar-refractivity contribution in [2.45, 2.75) is 63.4 Å². The van der Waals surface area contributed by atoms with Crippen molar-refractivity contribution in [2.75, 3.05) is 12.9 Å². The summed E-state index contributed by atoms with van der Waals surface area (Å²) in [7, 11) is 0. The van der Waals surface area contributed by atoms with E-state index in [4.69, 9.17) is 18.9 Å². The lowest BCUT2D eigenvalue weighted by Gasteiger charge is -2.46. The van der Waals surface area contributed by atoms with Crippen LogP contribution >= 0.6 is 11.8 Å². The zero-order valence-corrected chi connectivity index (χ0v) is 19.0. The molecule has 1 aromatic heterocycles. The number of carbonyl (C=O) groups excluding carboxylic acids is 4. The number of nitrogens with zero attached hydrogens (tertiary/aromatic N) is 2. The number of aromatic nitrogens is 2. The van der Waals surface area contributed by atoms with Gasteiger partial charge in [-0.15, -0.1) is 0 Å². The van der Waals surface area contributed by atoms with Crippen LogP contribution in [0.2, 0.25) is 0 Å². The van der Waals surface area contributed by atoms with E-state index in [1.54, 1.807) is 6.26 Å². The summed E-state index contributed by atoms with van der Waals surface area (Å²) in [6.45, 7) is 4.45. The minimum Gasteiger partial charge on any atom is -0.463 e. The van der Waals surface area contributed by atoms with Crippen LogP contribution in [0.5, 0.6) is 0 Å². The molecule has 1 amide bonds. The second kappa shape index (κ2) is 11.1. The highest BCUT2D eigenvalue weighted by atomic mass is 32.2. The third kappa shape index (κ3) is 6.53. The van der Waals surface area contributed by atoms with E-state index in [2.05, 4.69) is 10.3 Å². The summed E-state index contributed by atoms with van der Waals surface area (Å²) >= 11 is 1.15. The van der Waals surface area contributed by atoms with Gasteiger partial charge < -0.3 is 24.3 Å². The Labute approximate surface area is 187 Å². The van der Waals surface area contributed by atoms with Gasteiger partial charge in [0, 0.05) is 40.0 Å². The number of nitrogens with one attached hydrogen (secondary N) is 1. The second-order valence-electron chi connectivity index (χ2n) is 6.90. The van der Waals surface area contributed by atoms with Crippen LogP contribution in [0.15, 0.2) is 22.2 Å². The molecular weight excluding hydrogens is 446 g/mol. The number of esters is 3. The third-order valence-electron chi connectivity index (χ3n) is 4.35. The largest absolute Gasteiger partial charge is 0.463 e. The predicted octanol–water partition coefficient (Wildman–Crippen LogP) is -0.206. The Kier molecular flexibility index (Phi) is 8.78. The molecule has 1 aromatic rings. The fraction of sp³-hybridized carbons (Fsp3) is 0.579. The van der Waals surface area contributed by atoms with Crippen molar-refractivity contribution in [1.82, 2.24) is 14.9 Å². The van der Waals surface area contributed by atoms with E-state index >= 15 is 0 Å². The molecule has 176 valence electrons. The molecule has 2 heterocycles. The molecule has 0 saturated carbocycles. The third-order valence-corrected chi connectivity index (χ3v) is 5.02. The fourth-order valence-electron chi connectivity index (χ4n) is 3.29. The Bertz CT molecular complexity index is 935. The van der Waals surface area contributed by atoms with Crippen LogP contribution in [-0.2, 0) is 38.1 Å². The average molecular weight is 471 g/mol. The van der Waals surface area contributed by atoms with Crippen LogP contribution in [0.4, 0.5) is 0 Å². The summed E-state index contributed by atoms with van der Waals surface area (Å²) in [5.74, 6) is -2.47. The first-order valence-electron chi connectivity index (χ1n) is 9.57. The van der Waals surface area contributed by atoms with Crippen molar-refractivity contribution in [1.29, 1.82) is 0 Å². The van der Waals surface area contributed by atoms with Gasteiger partial charge >= 0.3 is 17.9 Å². The molecule has 1 fully saturated rings. The number of amides is 1. The Balaban J connectivity index is 2.62. The SMILES string of the molecule is CSc1nc(=O)ccn1[C@@H]1O[C@H](COC(C)=O)[C@@H](OC(C)=O)[C@H](OC(C)=O)[C@H]1NC(C)=O. The first-order valence-corrected chi connectivity index (χ1v) is 10.8. The standard InChI is InChI=1S/C19H25N3O9S/c1-9(23)20-15-17(30-12(4)26)16(29-11(3)25)13(8-28-10(2)24)31-18(15)22-7-6-14(27)21-19(22)32-5/h6-7,13,15-18H,8H2,1-5H3,(H,20,23)/t13-,15-,16-,17-,18-/m1/s1. The number of hydrogen-bond donors (Lipinski definition) is 1. The lowest BCUT2D eigenvalue weighted by Crippen LogP contribution is -2.64. The van der Waals surface area contributed by atoms with Gasteiger partial charge in [0.2, 0.25) is 5.91 Å². The number of hydrogen-bond acceptors (Lipinski definition) is 11. The topological polar surface area (TPSA) is 152 Å². The van der Waals surface area contributed by atoms with Crippen molar-refractivity contribution in [3.8, 4) is 0 Å². The van der Waals surface area contributed by atoms with Gasteiger partial charge in [0.15, 0.2) is 23.6 Å². The number of thioether (sulfide) groups is 1. The van der Waals surface area contributed by atoms with Gasteiger partial charge in [-0.1, -0.05) is 11.8 Å². The number of ether oxygens (including phenoxy) is 4. The Hall–Kier alpha value is -2.93. The highest BCUT2D eigenvalue weighted by Crippen LogP contribution is 2.34. The molecule has 2 rings (SSSR count). The quantitative estimate of drug-likeness (QED) is 0.243. The summed E-state index contributed by atoms with van der Waals surface area (Å²) in [6.07, 6.45) is -1.40. The summed E-state index contributed by atoms with van der Waals surface area (Å²) < 4.78 is 23.4. The van der Waals surface area contributed by atoms with Crippen molar-refractivity contribution in [3.05, 3.63) is 22.6 Å². The maximum Gasteiger partial charge on any atom is 0.303 e. The second-order valence-corrected chi connectivity index (χ2v) is 7.68. The van der Waals surface area contributed by atoms with E-state index < -0.39 is 60.0 Å². The maximum absolute atomic E-state index is 12.0. The zero-order chi connectivity index (χ0) is 24.0. The smallest absolute Gasteiger partial charge is 0.303 e. The summed E-state index contributed by atoms with van der Waals surface area (Å²) in [5, 5.41) is 2.92. The summed E-state index contributed by atoms with van der Waals surface area (Å²) in [5.41, 5.74) is -0.483. The van der Waals surface area contributed by atoms with E-state index in [1.807, 2.05) is 0 Å². The van der Waals surface area contributed by atoms with Gasteiger partial charge in [0.25, 0.3) is 5.56 Å². The van der Waals surface area contributed by atoms with Gasteiger partial charge in [-0.3, -0.25) is 28.5 Å². The molecule has 32 heavy (non-hydrogen) atoms. The van der Waals surface area contributed by atoms with E-state index in [1.165, 1.54) is 30.7 Å². The molecule has 1 N–H and O–H groups in total. The van der Waals surface area contributed by atoms with Crippen LogP contribution in [-0.4, -0.2) is 70.6 Å². The molecule has 0 unspecified atom stereocenters. The van der Waals surface area contributed by atoms with Crippen LogP contribution < -0.4 is 10.9 Å². The molecule has 13 heteroatoms. The molecule has 0 spiro atoms. The molecule has 12 nitrogen and oxygen atoms in total. The fourth-order valence-corrected chi connectivity index (χ4v) is 3.84. The lowest BCUT2D eigenvalue weighted by atomic mass is 9.95. The van der Waals surface area contributed by atoms with Crippen molar-refractivity contribution < 1.29 is 38.1 Å². The molecule has 1 saturated heterocycles. The Morgan fingerprint density at radius 2 is 1.72 bits per heavy atom. The molecule has 0 bridgehead atoms. The summed E-state index contributed by atoms with van der Waals surface area (Å²) in [6, 6.07) is 0.165. The van der Waals surface area contributed by atoms with E-state index in [0.717, 1.165) is 25.6 Å². The lowest BCUT2D eigenvalue weighted by molar-refractivity contribution is -0.238. The normalized spacial score (nSPS) is 24.8. The highest BCUT2D eigenvalue weighted by molar-refractivity contribution is 7.98. The minimum absolute atomic E-state index is 0.261. The number of carbonyl (C=O) groups is 4. The van der Waals surface area contributed by atoms with Gasteiger partial charge in [-0.05, 0) is 6.26 Å². The van der Waals surface area contributed by atoms with Gasteiger partial charge in [-0.2, -0.15) is 4.98 Å². The molecule has 5 atom stereocenters. The van der Waals surface area contributed by atoms with Crippen LogP contribution in [0.25, 0.3) is 0 Å². The highest BCUT2D eigenvalue weighted by Gasteiger charge is 2.51. The maximum atomic E-state index is 12.0. The van der Waals surface area contributed by atoms with Gasteiger partial charge in [0.05, 0.1) is 0 Å². The van der Waals surface area contributed by atoms with Crippen molar-refractivity contribution in [3.63, 3.8) is 0 Å². The van der Waals surface area contributed by atoms with Crippen molar-refractivity contribution >= 4 is 35.6 Å². The molecular formula is C19H25N3O9S. The minimum atomic E-state index is -1.20. The monoisotopic (exact) mass is 471 g/mol. The number of rotatable bonds is 7. The average Bonchev–Trinajstić information content (AvgIpc) is 2.68. The molecule has 1 aliphatic rings. The summed E-state index contributed by atoms with van der Waals surface area (Å²) in [4.78, 5) is 62.7. The van der Waals surface area contributed by atoms with E-state index in [0.29, 0.717) is 0 Å².